The SMILES string of the molecule is CC[P+](CC)(CC)CC.CC[P+](CC)(CC)CC.CC[P+](CC)(CC)CC.CC[P+](CC)(CC)CC.CC[P+](CC)(CC)CC.CC[P+](CC)(CC)CC.CC[P+](CC)(CC)CC.[F-].[F-].[F-].[F-].[O-]B([O-])[O-]. The lowest BCUT2D eigenvalue weighted by Gasteiger charge is -2.35. The van der Waals surface area contributed by atoms with Crippen molar-refractivity contribution in [2.45, 2.75) is 194 Å². The van der Waals surface area contributed by atoms with E-state index in [1.807, 2.05) is 0 Å². The minimum atomic E-state index is -2.92. The van der Waals surface area contributed by atoms with E-state index < -0.39 is 58.2 Å². The van der Waals surface area contributed by atoms with Crippen LogP contribution in [0.25, 0.3) is 0 Å². The van der Waals surface area contributed by atoms with Crippen LogP contribution in [-0.2, 0) is 0 Å². The molecule has 0 aromatic carbocycles. The van der Waals surface area contributed by atoms with Crippen molar-refractivity contribution in [3.8, 4) is 0 Å². The average Bonchev–Trinajstić information content (AvgIpc) is 3.39. The van der Waals surface area contributed by atoms with Crippen LogP contribution in [0.1, 0.15) is 194 Å². The Kier molecular flexibility index (Phi) is 93.9. The van der Waals surface area contributed by atoms with Crippen molar-refractivity contribution in [3.05, 3.63) is 0 Å². The lowest BCUT2D eigenvalue weighted by Crippen LogP contribution is -3.00. The van der Waals surface area contributed by atoms with Crippen molar-refractivity contribution in [3.63, 3.8) is 0 Å². The first kappa shape index (κ1) is 102. The summed E-state index contributed by atoms with van der Waals surface area (Å²) >= 11 is 0. The highest BCUT2D eigenvalue weighted by Gasteiger charge is 2.31. The van der Waals surface area contributed by atoms with Gasteiger partial charge in [-0.25, -0.2) is 0 Å². The second kappa shape index (κ2) is 65.2. The van der Waals surface area contributed by atoms with Crippen LogP contribution in [0.4, 0.5) is 0 Å². The Morgan fingerprint density at radius 2 is 0.183 bits per heavy atom. The first-order chi connectivity index (χ1) is 31.4. The third-order valence-electron chi connectivity index (χ3n) is 18.8. The van der Waals surface area contributed by atoms with Crippen LogP contribution in [0.15, 0.2) is 0 Å². The molecule has 0 saturated carbocycles. The van der Waals surface area contributed by atoms with E-state index in [4.69, 9.17) is 15.1 Å². The van der Waals surface area contributed by atoms with Crippen molar-refractivity contribution in [1.82, 2.24) is 0 Å². The number of hydrogen-bond acceptors (Lipinski definition) is 3. The van der Waals surface area contributed by atoms with E-state index >= 15 is 0 Å². The summed E-state index contributed by atoms with van der Waals surface area (Å²) < 4.78 is 0. The minimum absolute atomic E-state index is 0. The summed E-state index contributed by atoms with van der Waals surface area (Å²) in [7, 11) is -5.85. The van der Waals surface area contributed by atoms with Crippen LogP contribution in [0.3, 0.4) is 0 Å². The van der Waals surface area contributed by atoms with Crippen molar-refractivity contribution in [2.75, 3.05) is 173 Å². The maximum absolute atomic E-state index is 8.42. The van der Waals surface area contributed by atoms with Gasteiger partial charge in [-0.05, 0) is 194 Å². The second-order valence-electron chi connectivity index (χ2n) is 18.5. The molecule has 0 radical (unpaired) electrons. The molecule has 0 aromatic rings. The van der Waals surface area contributed by atoms with E-state index in [0.29, 0.717) is 0 Å². The number of rotatable bonds is 28. The Morgan fingerprint density at radius 1 is 0.155 bits per heavy atom. The highest BCUT2D eigenvalue weighted by atomic mass is 31.2. The molecule has 0 atom stereocenters. The van der Waals surface area contributed by atoms with Crippen LogP contribution in [0.2, 0.25) is 0 Å². The maximum Gasteiger partial charge on any atom is 0.0565 e. The van der Waals surface area contributed by atoms with Gasteiger partial charge < -0.3 is 33.9 Å². The third-order valence-corrected chi connectivity index (χ3v) is 56.3. The van der Waals surface area contributed by atoms with Gasteiger partial charge in [0.1, 0.15) is 0 Å². The molecule has 0 spiro atoms. The van der Waals surface area contributed by atoms with Gasteiger partial charge >= 0.3 is 0 Å². The molecule has 0 aliphatic heterocycles. The molecule has 0 amide bonds. The third kappa shape index (κ3) is 48.3. The smallest absolute Gasteiger partial charge is 0.0565 e. The van der Waals surface area contributed by atoms with Gasteiger partial charge in [-0.3, -0.25) is 7.32 Å². The molecule has 0 aromatic heterocycles. The van der Waals surface area contributed by atoms with E-state index in [1.165, 1.54) is 173 Å². The van der Waals surface area contributed by atoms with E-state index in [-0.39, 0.29) is 18.8 Å². The predicted octanol–water partition coefficient (Wildman–Crippen LogP) is 5.65. The highest BCUT2D eigenvalue weighted by molar-refractivity contribution is 7.77. The van der Waals surface area contributed by atoms with Gasteiger partial charge in [0.25, 0.3) is 0 Å². The average molecular weight is 1170 g/mol. The van der Waals surface area contributed by atoms with Gasteiger partial charge in [0, 0.05) is 50.8 Å². The summed E-state index contributed by atoms with van der Waals surface area (Å²) in [4.78, 5) is 0. The molecule has 448 valence electrons. The Bertz CT molecular complexity index is 617. The molecule has 0 unspecified atom stereocenters. The normalized spacial score (nSPS) is 11.0. The lowest BCUT2D eigenvalue weighted by molar-refractivity contribution is -0.479. The van der Waals surface area contributed by atoms with Gasteiger partial charge in [0.15, 0.2) is 0 Å². The first-order valence-corrected chi connectivity index (χ1v) is 47.1. The van der Waals surface area contributed by atoms with Crippen molar-refractivity contribution in [2.24, 2.45) is 0 Å². The van der Waals surface area contributed by atoms with Gasteiger partial charge in [0.05, 0.1) is 173 Å². The summed E-state index contributed by atoms with van der Waals surface area (Å²) in [6, 6.07) is 0. The number of halogens is 4. The molecule has 0 N–H and O–H groups in total. The predicted molar refractivity (Wildman–Crippen MR) is 349 cm³/mol. The summed E-state index contributed by atoms with van der Waals surface area (Å²) in [6.45, 7) is 65.8. The van der Waals surface area contributed by atoms with E-state index in [1.54, 1.807) is 0 Å². The molecule has 3 nitrogen and oxygen atoms in total. The van der Waals surface area contributed by atoms with E-state index in [9.17, 15) is 0 Å². The van der Waals surface area contributed by atoms with Crippen LogP contribution in [0, 0.1) is 0 Å². The molecule has 0 heterocycles. The van der Waals surface area contributed by atoms with Crippen LogP contribution in [-0.4, -0.2) is 180 Å². The largest absolute Gasteiger partial charge is 1.00 e. The van der Waals surface area contributed by atoms with Crippen molar-refractivity contribution >= 4 is 58.2 Å². The molecule has 0 saturated heterocycles. The standard InChI is InChI=1S/7C8H20P.BO3.4FH/c7*1-5-9(6-2,7-3)8-4;2-1(3)4;;;;/h7*5-8H2,1-4H3;;4*1H/q7*+1;-3;;;;/p-4. The molecular weight excluding hydrogens is 1020 g/mol. The van der Waals surface area contributed by atoms with Crippen LogP contribution >= 0.6 is 50.8 Å². The maximum atomic E-state index is 8.42. The fourth-order valence-electron chi connectivity index (χ4n) is 9.39. The molecule has 71 heavy (non-hydrogen) atoms. The van der Waals surface area contributed by atoms with Gasteiger partial charge in [-0.15, -0.1) is 0 Å². The molecule has 0 fully saturated rings. The Labute approximate surface area is 456 Å². The lowest BCUT2D eigenvalue weighted by atomic mass is 10.3. The van der Waals surface area contributed by atoms with Crippen LogP contribution < -0.4 is 33.9 Å². The van der Waals surface area contributed by atoms with Crippen molar-refractivity contribution < 1.29 is 33.9 Å². The van der Waals surface area contributed by atoms with Gasteiger partial charge in [-0.1, -0.05) is 0 Å². The fourth-order valence-corrected chi connectivity index (χ4v) is 28.2. The van der Waals surface area contributed by atoms with E-state index in [0.717, 1.165) is 0 Å². The Morgan fingerprint density at radius 3 is 0.183 bits per heavy atom. The second-order valence-corrected chi connectivity index (χ2v) is 55.0. The molecule has 0 aliphatic rings. The summed E-state index contributed by atoms with van der Waals surface area (Å²) in [6.07, 6.45) is 40.7. The van der Waals surface area contributed by atoms with Crippen LogP contribution in [0.5, 0.6) is 0 Å². The molecule has 0 bridgehead atoms. The van der Waals surface area contributed by atoms with E-state index in [2.05, 4.69) is 194 Å². The summed E-state index contributed by atoms with van der Waals surface area (Å²) in [5.41, 5.74) is 0. The molecule has 15 heteroatoms. The molecular formula is C56H140BF4O3P7. The Hall–Kier alpha value is 2.67. The topological polar surface area (TPSA) is 69.2 Å². The quantitative estimate of drug-likeness (QED) is 0.0579. The van der Waals surface area contributed by atoms with Gasteiger partial charge in [-0.2, -0.15) is 0 Å². The zero-order valence-electron chi connectivity index (χ0n) is 54.2. The zero-order chi connectivity index (χ0) is 54.9. The summed E-state index contributed by atoms with van der Waals surface area (Å²) in [5.74, 6) is 0. The zero-order valence-corrected chi connectivity index (χ0v) is 60.5. The number of hydrogen-bond donors (Lipinski definition) is 0. The minimum Gasteiger partial charge on any atom is -1.00 e. The fraction of sp³-hybridized carbons (Fsp3) is 1.00. The van der Waals surface area contributed by atoms with Gasteiger partial charge in [0.2, 0.25) is 0 Å². The molecule has 0 rings (SSSR count). The van der Waals surface area contributed by atoms with Crippen molar-refractivity contribution in [1.29, 1.82) is 0 Å². The monoisotopic (exact) mass is 1160 g/mol. The summed E-state index contributed by atoms with van der Waals surface area (Å²) in [5, 5.41) is 25.2. The first-order valence-electron chi connectivity index (χ1n) is 29.4. The Balaban J connectivity index is -0.0000000559. The molecule has 0 aliphatic carbocycles. The highest BCUT2D eigenvalue weighted by Crippen LogP contribution is 2.60.